The molecule has 0 amide bonds. The lowest BCUT2D eigenvalue weighted by Crippen LogP contribution is -2.37. The third-order valence-electron chi connectivity index (χ3n) is 3.66. The number of Topliss-reactive ketones (excluding diaryl/α,β-unsaturated/α-hetero) is 1. The van der Waals surface area contributed by atoms with Crippen LogP contribution in [0.2, 0.25) is 10.0 Å². The maximum absolute atomic E-state index is 13.0. The molecule has 1 atom stereocenters. The molecule has 5 nitrogen and oxygen atoms in total. The van der Waals surface area contributed by atoms with Gasteiger partial charge in [0.2, 0.25) is 0 Å². The van der Waals surface area contributed by atoms with E-state index in [1.54, 1.807) is 23.9 Å². The highest BCUT2D eigenvalue weighted by Crippen LogP contribution is 2.30. The number of hydrogen-bond acceptors (Lipinski definition) is 4. The molecule has 1 aromatic heterocycles. The van der Waals surface area contributed by atoms with Crippen LogP contribution >= 0.6 is 23.2 Å². The first-order valence-corrected chi connectivity index (χ1v) is 7.92. The van der Waals surface area contributed by atoms with Crippen molar-refractivity contribution >= 4 is 29.0 Å². The first kappa shape index (κ1) is 17.9. The maximum Gasteiger partial charge on any atom is 0.165 e. The fourth-order valence-corrected chi connectivity index (χ4v) is 2.95. The van der Waals surface area contributed by atoms with E-state index in [0.717, 1.165) is 5.56 Å². The monoisotopic (exact) mass is 355 g/mol. The summed E-state index contributed by atoms with van der Waals surface area (Å²) in [6, 6.07) is 4.74. The highest BCUT2D eigenvalue weighted by atomic mass is 35.5. The summed E-state index contributed by atoms with van der Waals surface area (Å²) in [5, 5.41) is 5.21. The first-order chi connectivity index (χ1) is 10.8. The molecule has 1 aromatic carbocycles. The minimum atomic E-state index is -0.649. The van der Waals surface area contributed by atoms with Crippen molar-refractivity contribution in [1.29, 1.82) is 0 Å². The van der Waals surface area contributed by atoms with E-state index >= 15 is 0 Å². The van der Waals surface area contributed by atoms with Gasteiger partial charge >= 0.3 is 0 Å². The number of rotatable bonds is 7. The summed E-state index contributed by atoms with van der Waals surface area (Å²) in [7, 11) is 1.58. The number of methoxy groups -OCH3 is 1. The van der Waals surface area contributed by atoms with Gasteiger partial charge in [-0.2, -0.15) is 5.10 Å². The van der Waals surface area contributed by atoms with E-state index < -0.39 is 11.5 Å². The third-order valence-corrected chi connectivity index (χ3v) is 4.25. The molecule has 7 heteroatoms. The SMILES string of the molecule is COCC(C)(C)C(=O)C(Cc1ccc(Cl)cc1Cl)n1cncn1. The molecule has 124 valence electrons. The van der Waals surface area contributed by atoms with Crippen molar-refractivity contribution in [3.63, 3.8) is 0 Å². The van der Waals surface area contributed by atoms with Crippen LogP contribution in [-0.2, 0) is 16.0 Å². The molecule has 0 saturated carbocycles. The summed E-state index contributed by atoms with van der Waals surface area (Å²) < 4.78 is 6.74. The lowest BCUT2D eigenvalue weighted by atomic mass is 9.83. The largest absolute Gasteiger partial charge is 0.384 e. The van der Waals surface area contributed by atoms with Crippen LogP contribution in [0.5, 0.6) is 0 Å². The molecule has 0 aliphatic rings. The van der Waals surface area contributed by atoms with Crippen LogP contribution < -0.4 is 0 Å². The van der Waals surface area contributed by atoms with Gasteiger partial charge in [-0.3, -0.25) is 4.79 Å². The summed E-state index contributed by atoms with van der Waals surface area (Å²) in [5.41, 5.74) is 0.183. The summed E-state index contributed by atoms with van der Waals surface area (Å²) in [4.78, 5) is 16.9. The number of nitrogens with zero attached hydrogens (tertiary/aromatic N) is 3. The molecule has 2 aromatic rings. The van der Waals surface area contributed by atoms with Crippen molar-refractivity contribution in [2.24, 2.45) is 5.41 Å². The Morgan fingerprint density at radius 2 is 2.13 bits per heavy atom. The smallest absolute Gasteiger partial charge is 0.165 e. The number of ketones is 1. The van der Waals surface area contributed by atoms with Gasteiger partial charge in [0, 0.05) is 29.0 Å². The lowest BCUT2D eigenvalue weighted by Gasteiger charge is -2.28. The van der Waals surface area contributed by atoms with Crippen molar-refractivity contribution in [3.8, 4) is 0 Å². The highest BCUT2D eigenvalue weighted by Gasteiger charge is 2.35. The number of benzene rings is 1. The fourth-order valence-electron chi connectivity index (χ4n) is 2.46. The van der Waals surface area contributed by atoms with Gasteiger partial charge in [0.25, 0.3) is 0 Å². The number of carbonyl (C=O) groups excluding carboxylic acids is 1. The molecule has 0 aliphatic carbocycles. The molecule has 1 heterocycles. The second kappa shape index (κ2) is 7.43. The van der Waals surface area contributed by atoms with E-state index in [2.05, 4.69) is 10.1 Å². The Balaban J connectivity index is 2.34. The normalized spacial score (nSPS) is 13.1. The summed E-state index contributed by atoms with van der Waals surface area (Å²) in [6.07, 6.45) is 3.35. The minimum absolute atomic E-state index is 0.0101. The Bertz CT molecular complexity index is 672. The van der Waals surface area contributed by atoms with Crippen molar-refractivity contribution in [1.82, 2.24) is 14.8 Å². The van der Waals surface area contributed by atoms with Crippen LogP contribution in [0.3, 0.4) is 0 Å². The van der Waals surface area contributed by atoms with Crippen LogP contribution in [0.4, 0.5) is 0 Å². The van der Waals surface area contributed by atoms with Gasteiger partial charge in [0.05, 0.1) is 6.61 Å². The van der Waals surface area contributed by atoms with Gasteiger partial charge in [-0.05, 0) is 17.7 Å². The van der Waals surface area contributed by atoms with Gasteiger partial charge in [-0.25, -0.2) is 9.67 Å². The second-order valence-electron chi connectivity index (χ2n) is 6.01. The van der Waals surface area contributed by atoms with Crippen LogP contribution in [0.25, 0.3) is 0 Å². The maximum atomic E-state index is 13.0. The zero-order valence-electron chi connectivity index (χ0n) is 13.3. The average Bonchev–Trinajstić information content (AvgIpc) is 3.00. The predicted octanol–water partition coefficient (Wildman–Crippen LogP) is 3.61. The molecule has 0 bridgehead atoms. The Labute approximate surface area is 145 Å². The Morgan fingerprint density at radius 3 is 2.70 bits per heavy atom. The number of hydrogen-bond donors (Lipinski definition) is 0. The zero-order valence-corrected chi connectivity index (χ0v) is 14.8. The molecular formula is C16H19Cl2N3O2. The second-order valence-corrected chi connectivity index (χ2v) is 6.86. The van der Waals surface area contributed by atoms with Gasteiger partial charge < -0.3 is 4.74 Å². The summed E-state index contributed by atoms with van der Waals surface area (Å²) in [5.74, 6) is 0.0101. The zero-order chi connectivity index (χ0) is 17.0. The predicted molar refractivity (Wildman–Crippen MR) is 89.9 cm³/mol. The van der Waals surface area contributed by atoms with E-state index in [-0.39, 0.29) is 5.78 Å². The van der Waals surface area contributed by atoms with Crippen molar-refractivity contribution in [3.05, 3.63) is 46.5 Å². The van der Waals surface area contributed by atoms with Crippen molar-refractivity contribution in [2.45, 2.75) is 26.3 Å². The van der Waals surface area contributed by atoms with Gasteiger partial charge in [0.15, 0.2) is 5.78 Å². The van der Waals surface area contributed by atoms with E-state index in [1.165, 1.54) is 12.7 Å². The Hall–Kier alpha value is -1.43. The summed E-state index contributed by atoms with van der Waals surface area (Å²) >= 11 is 12.2. The Kier molecular flexibility index (Phi) is 5.79. The van der Waals surface area contributed by atoms with Crippen molar-refractivity contribution in [2.75, 3.05) is 13.7 Å². The lowest BCUT2D eigenvalue weighted by molar-refractivity contribution is -0.133. The third kappa shape index (κ3) is 4.31. The summed E-state index contributed by atoms with van der Waals surface area (Å²) in [6.45, 7) is 4.03. The average molecular weight is 356 g/mol. The van der Waals surface area contributed by atoms with E-state index in [1.807, 2.05) is 19.9 Å². The molecule has 1 unspecified atom stereocenters. The van der Waals surface area contributed by atoms with E-state index in [9.17, 15) is 4.79 Å². The van der Waals surface area contributed by atoms with Gasteiger partial charge in [0.1, 0.15) is 18.7 Å². The Morgan fingerprint density at radius 1 is 1.39 bits per heavy atom. The highest BCUT2D eigenvalue weighted by molar-refractivity contribution is 6.35. The number of carbonyl (C=O) groups is 1. The van der Waals surface area contributed by atoms with Crippen LogP contribution in [-0.4, -0.2) is 34.3 Å². The molecule has 0 N–H and O–H groups in total. The number of halogens is 2. The molecular weight excluding hydrogens is 337 g/mol. The van der Waals surface area contributed by atoms with Crippen LogP contribution in [0.15, 0.2) is 30.9 Å². The van der Waals surface area contributed by atoms with Crippen molar-refractivity contribution < 1.29 is 9.53 Å². The molecule has 0 aliphatic heterocycles. The molecule has 0 spiro atoms. The topological polar surface area (TPSA) is 57.0 Å². The first-order valence-electron chi connectivity index (χ1n) is 7.16. The van der Waals surface area contributed by atoms with Gasteiger partial charge in [-0.15, -0.1) is 0 Å². The number of aromatic nitrogens is 3. The van der Waals surface area contributed by atoms with Crippen LogP contribution in [0.1, 0.15) is 25.5 Å². The van der Waals surface area contributed by atoms with Gasteiger partial charge in [-0.1, -0.05) is 43.1 Å². The molecule has 2 rings (SSSR count). The van der Waals surface area contributed by atoms with E-state index in [0.29, 0.717) is 23.1 Å². The minimum Gasteiger partial charge on any atom is -0.384 e. The molecule has 0 fully saturated rings. The standard InChI is InChI=1S/C16H19Cl2N3O2/c1-16(2,8-23-3)15(22)14(21-10-19-9-20-21)6-11-4-5-12(17)7-13(11)18/h4-5,7,9-10,14H,6,8H2,1-3H3. The molecule has 0 radical (unpaired) electrons. The van der Waals surface area contributed by atoms with E-state index in [4.69, 9.17) is 27.9 Å². The number of ether oxygens (including phenoxy) is 1. The molecule has 23 heavy (non-hydrogen) atoms. The van der Waals surface area contributed by atoms with Crippen LogP contribution in [0, 0.1) is 5.41 Å². The fraction of sp³-hybridized carbons (Fsp3) is 0.438. The molecule has 0 saturated heterocycles. The quantitative estimate of drug-likeness (QED) is 0.761.